The molecule has 0 radical (unpaired) electrons. The first-order chi connectivity index (χ1) is 29.2. The molecule has 2 nitrogen and oxygen atoms in total. The Kier molecular flexibility index (Phi) is 8.48. The van der Waals surface area contributed by atoms with Gasteiger partial charge < -0.3 is 0 Å². The molecule has 2 heteroatoms. The highest BCUT2D eigenvalue weighted by Gasteiger charge is 2.23. The molecule has 0 spiro atoms. The van der Waals surface area contributed by atoms with Crippen LogP contribution < -0.4 is 0 Å². The Balaban J connectivity index is 1.24. The number of hydrogen-bond acceptors (Lipinski definition) is 1. The SMILES string of the molecule is CCc1nc2ccccc2n1-c1ccc(-c2c3ccccc3c(-c3ccc(-c4ccccc4)cc3-c3ccccc3)c3cc(-c4ccccc4)ccc23)c2ccccc12. The van der Waals surface area contributed by atoms with Gasteiger partial charge in [0.15, 0.2) is 0 Å². The summed E-state index contributed by atoms with van der Waals surface area (Å²) in [5.74, 6) is 1.06. The molecule has 59 heavy (non-hydrogen) atoms. The highest BCUT2D eigenvalue weighted by molar-refractivity contribution is 6.25. The molecule has 0 atom stereocenters. The molecule has 1 aromatic heterocycles. The van der Waals surface area contributed by atoms with Crippen molar-refractivity contribution in [1.82, 2.24) is 9.55 Å². The van der Waals surface area contributed by atoms with E-state index in [4.69, 9.17) is 4.98 Å². The van der Waals surface area contributed by atoms with Crippen molar-refractivity contribution < 1.29 is 0 Å². The lowest BCUT2D eigenvalue weighted by molar-refractivity contribution is 0.913. The van der Waals surface area contributed by atoms with Crippen LogP contribution in [0.25, 0.3) is 105 Å². The van der Waals surface area contributed by atoms with Gasteiger partial charge in [0.05, 0.1) is 16.7 Å². The summed E-state index contributed by atoms with van der Waals surface area (Å²) in [6.07, 6.45) is 0.836. The molecular weight excluding hydrogens is 713 g/mol. The monoisotopic (exact) mass is 752 g/mol. The molecule has 0 unspecified atom stereocenters. The number of fused-ring (bicyclic) bond motifs is 4. The fourth-order valence-electron chi connectivity index (χ4n) is 9.28. The van der Waals surface area contributed by atoms with Crippen molar-refractivity contribution in [2.24, 2.45) is 0 Å². The van der Waals surface area contributed by atoms with Crippen LogP contribution in [-0.2, 0) is 6.42 Å². The van der Waals surface area contributed by atoms with Gasteiger partial charge in [0.1, 0.15) is 5.82 Å². The normalized spacial score (nSPS) is 11.5. The first kappa shape index (κ1) is 34.7. The maximum absolute atomic E-state index is 5.06. The highest BCUT2D eigenvalue weighted by Crippen LogP contribution is 2.49. The largest absolute Gasteiger partial charge is 0.296 e. The van der Waals surface area contributed by atoms with Gasteiger partial charge in [-0.05, 0) is 113 Å². The number of hydrogen-bond donors (Lipinski definition) is 0. The second-order valence-corrected chi connectivity index (χ2v) is 15.3. The lowest BCUT2D eigenvalue weighted by Gasteiger charge is -2.22. The van der Waals surface area contributed by atoms with Gasteiger partial charge in [0.2, 0.25) is 0 Å². The number of rotatable bonds is 7. The predicted molar refractivity (Wildman–Crippen MR) is 250 cm³/mol. The van der Waals surface area contributed by atoms with E-state index in [1.54, 1.807) is 0 Å². The van der Waals surface area contributed by atoms with Gasteiger partial charge in [0, 0.05) is 11.8 Å². The van der Waals surface area contributed by atoms with E-state index in [-0.39, 0.29) is 0 Å². The van der Waals surface area contributed by atoms with Crippen LogP contribution in [0.2, 0.25) is 0 Å². The zero-order chi connectivity index (χ0) is 39.3. The average molecular weight is 753 g/mol. The first-order valence-corrected chi connectivity index (χ1v) is 20.5. The molecule has 11 rings (SSSR count). The van der Waals surface area contributed by atoms with Crippen LogP contribution in [0.5, 0.6) is 0 Å². The topological polar surface area (TPSA) is 17.8 Å². The molecule has 0 aliphatic rings. The Morgan fingerprint density at radius 1 is 0.356 bits per heavy atom. The third-order valence-corrected chi connectivity index (χ3v) is 12.0. The van der Waals surface area contributed by atoms with Gasteiger partial charge in [-0.1, -0.05) is 189 Å². The second kappa shape index (κ2) is 14.4. The van der Waals surface area contributed by atoms with Crippen molar-refractivity contribution in [2.75, 3.05) is 0 Å². The van der Waals surface area contributed by atoms with E-state index in [0.717, 1.165) is 29.0 Å². The van der Waals surface area contributed by atoms with E-state index >= 15 is 0 Å². The minimum absolute atomic E-state index is 0.836. The van der Waals surface area contributed by atoms with Crippen molar-refractivity contribution in [2.45, 2.75) is 13.3 Å². The summed E-state index contributed by atoms with van der Waals surface area (Å²) in [5.41, 5.74) is 15.4. The number of aryl methyl sites for hydroxylation is 1. The minimum atomic E-state index is 0.836. The van der Waals surface area contributed by atoms with Gasteiger partial charge in [0.25, 0.3) is 0 Å². The van der Waals surface area contributed by atoms with E-state index in [9.17, 15) is 0 Å². The smallest absolute Gasteiger partial charge is 0.114 e. The molecular formula is C57H40N2. The fraction of sp³-hybridized carbons (Fsp3) is 0.0351. The molecule has 0 aliphatic carbocycles. The van der Waals surface area contributed by atoms with E-state index in [1.807, 2.05) is 0 Å². The average Bonchev–Trinajstić information content (AvgIpc) is 3.70. The third kappa shape index (κ3) is 5.84. The maximum Gasteiger partial charge on any atom is 0.114 e. The molecule has 0 aliphatic heterocycles. The van der Waals surface area contributed by atoms with Crippen LogP contribution >= 0.6 is 0 Å². The lowest BCUT2D eigenvalue weighted by Crippen LogP contribution is -2.01. The predicted octanol–water partition coefficient (Wildman–Crippen LogP) is 15.4. The summed E-state index contributed by atoms with van der Waals surface area (Å²) in [7, 11) is 0. The maximum atomic E-state index is 5.06. The van der Waals surface area contributed by atoms with Crippen LogP contribution in [0.3, 0.4) is 0 Å². The molecule has 11 aromatic rings. The Morgan fingerprint density at radius 2 is 0.864 bits per heavy atom. The second-order valence-electron chi connectivity index (χ2n) is 15.3. The molecule has 10 aromatic carbocycles. The van der Waals surface area contributed by atoms with E-state index in [1.165, 1.54) is 88.0 Å². The third-order valence-electron chi connectivity index (χ3n) is 12.0. The van der Waals surface area contributed by atoms with Crippen LogP contribution in [0, 0.1) is 0 Å². The van der Waals surface area contributed by atoms with Crippen LogP contribution in [0.1, 0.15) is 12.7 Å². The van der Waals surface area contributed by atoms with E-state index < -0.39 is 0 Å². The van der Waals surface area contributed by atoms with Gasteiger partial charge in [-0.2, -0.15) is 0 Å². The van der Waals surface area contributed by atoms with Gasteiger partial charge in [-0.15, -0.1) is 0 Å². The molecule has 1 heterocycles. The van der Waals surface area contributed by atoms with Crippen molar-refractivity contribution in [3.05, 3.63) is 218 Å². The zero-order valence-electron chi connectivity index (χ0n) is 32.8. The number of imidazole rings is 1. The Bertz CT molecular complexity index is 3340. The highest BCUT2D eigenvalue weighted by atomic mass is 15.1. The summed E-state index contributed by atoms with van der Waals surface area (Å²) in [5, 5.41) is 7.33. The Hall–Kier alpha value is -7.55. The summed E-state index contributed by atoms with van der Waals surface area (Å²) in [6.45, 7) is 2.19. The zero-order valence-corrected chi connectivity index (χ0v) is 32.8. The Morgan fingerprint density at radius 3 is 1.54 bits per heavy atom. The molecule has 0 fully saturated rings. The van der Waals surface area contributed by atoms with Gasteiger partial charge >= 0.3 is 0 Å². The number of aromatic nitrogens is 2. The number of benzene rings is 10. The fourth-order valence-corrected chi connectivity index (χ4v) is 9.28. The molecule has 0 bridgehead atoms. The summed E-state index contributed by atoms with van der Waals surface area (Å²) in [4.78, 5) is 5.06. The lowest BCUT2D eigenvalue weighted by atomic mass is 9.81. The van der Waals surface area contributed by atoms with Gasteiger partial charge in [-0.3, -0.25) is 4.57 Å². The van der Waals surface area contributed by atoms with Crippen LogP contribution in [0.4, 0.5) is 0 Å². The molecule has 0 saturated heterocycles. The quantitative estimate of drug-likeness (QED) is 0.148. The number of nitrogens with zero attached hydrogens (tertiary/aromatic N) is 2. The van der Waals surface area contributed by atoms with E-state index in [2.05, 4.69) is 224 Å². The van der Waals surface area contributed by atoms with E-state index in [0.29, 0.717) is 0 Å². The first-order valence-electron chi connectivity index (χ1n) is 20.5. The van der Waals surface area contributed by atoms with Crippen LogP contribution in [0.15, 0.2) is 212 Å². The van der Waals surface area contributed by atoms with Crippen molar-refractivity contribution in [1.29, 1.82) is 0 Å². The molecule has 0 saturated carbocycles. The molecule has 0 amide bonds. The number of para-hydroxylation sites is 2. The Labute approximate surface area is 344 Å². The molecule has 0 N–H and O–H groups in total. The standard InChI is InChI=1S/C57H40N2/c1-2-55-58-52-28-16-17-29-54(52)59(55)53-35-34-47(43-24-12-13-25-44(43)53)56-45-26-14-15-27-46(45)57(51-37-42(31-33-49(51)56)39-20-8-4-9-21-39)48-32-30-41(38-18-6-3-7-19-38)36-50(48)40-22-10-5-11-23-40/h3-37H,2H2,1H3. The van der Waals surface area contributed by atoms with Crippen molar-refractivity contribution in [3.63, 3.8) is 0 Å². The summed E-state index contributed by atoms with van der Waals surface area (Å²) < 4.78 is 2.36. The van der Waals surface area contributed by atoms with Crippen LogP contribution in [-0.4, -0.2) is 9.55 Å². The summed E-state index contributed by atoms with van der Waals surface area (Å²) >= 11 is 0. The van der Waals surface area contributed by atoms with Gasteiger partial charge in [-0.25, -0.2) is 4.98 Å². The van der Waals surface area contributed by atoms with Crippen molar-refractivity contribution in [3.8, 4) is 61.3 Å². The summed E-state index contributed by atoms with van der Waals surface area (Å²) in [6, 6.07) is 77.6. The minimum Gasteiger partial charge on any atom is -0.296 e. The molecule has 278 valence electrons. The van der Waals surface area contributed by atoms with Crippen molar-refractivity contribution >= 4 is 43.4 Å².